The van der Waals surface area contributed by atoms with Crippen LogP contribution in [0.2, 0.25) is 19.6 Å². The summed E-state index contributed by atoms with van der Waals surface area (Å²) in [6, 6.07) is 6.10. The molecule has 1 rings (SSSR count). The molecule has 1 aromatic rings. The molecule has 94 valence electrons. The molecule has 0 atom stereocenters. The molecule has 0 saturated heterocycles. The number of aliphatic carboxylic acids is 1. The maximum Gasteiger partial charge on any atom is 0.307 e. The zero-order valence-corrected chi connectivity index (χ0v) is 11.9. The topological polar surface area (TPSA) is 71.4 Å². The highest BCUT2D eigenvalue weighted by Gasteiger charge is 2.33. The Morgan fingerprint density at radius 1 is 1.18 bits per heavy atom. The normalized spacial score (nSPS) is 12.4. The second kappa shape index (κ2) is 4.62. The van der Waals surface area contributed by atoms with E-state index in [0.29, 0.717) is 5.56 Å². The van der Waals surface area contributed by atoms with Gasteiger partial charge in [-0.3, -0.25) is 4.79 Å². The Labute approximate surface area is 102 Å². The van der Waals surface area contributed by atoms with Crippen molar-refractivity contribution in [2.75, 3.05) is 0 Å². The van der Waals surface area contributed by atoms with Crippen LogP contribution >= 0.6 is 0 Å². The van der Waals surface area contributed by atoms with Gasteiger partial charge in [-0.05, 0) is 17.7 Å². The van der Waals surface area contributed by atoms with Crippen LogP contribution in [0.3, 0.4) is 0 Å². The quantitative estimate of drug-likeness (QED) is 0.850. The van der Waals surface area contributed by atoms with Crippen LogP contribution in [0.4, 0.5) is 0 Å². The molecule has 0 saturated carbocycles. The van der Waals surface area contributed by atoms with E-state index in [-0.39, 0.29) is 11.3 Å². The van der Waals surface area contributed by atoms with Gasteiger partial charge in [0, 0.05) is 0 Å². The highest BCUT2D eigenvalue weighted by molar-refractivity contribution is 8.21. The summed E-state index contributed by atoms with van der Waals surface area (Å²) >= 11 is 0. The predicted molar refractivity (Wildman–Crippen MR) is 68.3 cm³/mol. The third-order valence-corrected chi connectivity index (χ3v) is 10.4. The van der Waals surface area contributed by atoms with Gasteiger partial charge in [0.05, 0.1) is 11.3 Å². The number of carbonyl (C=O) groups is 1. The van der Waals surface area contributed by atoms with E-state index in [0.717, 1.165) is 0 Å². The summed E-state index contributed by atoms with van der Waals surface area (Å²) in [6.07, 6.45) is -0.0900. The van der Waals surface area contributed by atoms with E-state index in [1.807, 2.05) is 0 Å². The maximum atomic E-state index is 12.1. The Morgan fingerprint density at radius 3 is 2.00 bits per heavy atom. The molecule has 1 aromatic carbocycles. The standard InChI is InChI=1S/C11H16O4SSi/c1-17(2,3)16(14,15)10-6-4-9(5-7-10)8-11(12)13/h4-7H,8H2,1-3H3,(H,12,13). The largest absolute Gasteiger partial charge is 0.481 e. The van der Waals surface area contributed by atoms with E-state index in [1.165, 1.54) is 12.1 Å². The summed E-state index contributed by atoms with van der Waals surface area (Å²) in [5.41, 5.74) is 0.604. The van der Waals surface area contributed by atoms with Gasteiger partial charge in [-0.1, -0.05) is 31.8 Å². The molecule has 17 heavy (non-hydrogen) atoms. The van der Waals surface area contributed by atoms with Crippen LogP contribution in [0.15, 0.2) is 29.2 Å². The van der Waals surface area contributed by atoms with E-state index < -0.39 is 22.5 Å². The summed E-state index contributed by atoms with van der Waals surface area (Å²) < 4.78 is 24.3. The molecule has 4 nitrogen and oxygen atoms in total. The fraction of sp³-hybridized carbons (Fsp3) is 0.364. The lowest BCUT2D eigenvalue weighted by Crippen LogP contribution is -2.33. The van der Waals surface area contributed by atoms with Crippen molar-refractivity contribution < 1.29 is 18.3 Å². The zero-order valence-electron chi connectivity index (χ0n) is 10.1. The van der Waals surface area contributed by atoms with Crippen molar-refractivity contribution in [3.8, 4) is 0 Å². The molecule has 0 aromatic heterocycles. The number of hydrogen-bond acceptors (Lipinski definition) is 3. The number of rotatable bonds is 4. The lowest BCUT2D eigenvalue weighted by Gasteiger charge is -2.16. The molecule has 6 heteroatoms. The van der Waals surface area contributed by atoms with Gasteiger partial charge in [0.25, 0.3) is 0 Å². The fourth-order valence-electron chi connectivity index (χ4n) is 1.31. The molecule has 0 bridgehead atoms. The Morgan fingerprint density at radius 2 is 1.65 bits per heavy atom. The Balaban J connectivity index is 3.08. The Hall–Kier alpha value is -1.14. The van der Waals surface area contributed by atoms with E-state index in [1.54, 1.807) is 31.8 Å². The van der Waals surface area contributed by atoms with Crippen LogP contribution in [-0.4, -0.2) is 26.7 Å². The van der Waals surface area contributed by atoms with Gasteiger partial charge in [-0.2, -0.15) is 0 Å². The predicted octanol–water partition coefficient (Wildman–Crippen LogP) is 1.92. The van der Waals surface area contributed by atoms with Crippen molar-refractivity contribution in [3.05, 3.63) is 29.8 Å². The summed E-state index contributed by atoms with van der Waals surface area (Å²) in [5.74, 6) is -0.925. The summed E-state index contributed by atoms with van der Waals surface area (Å²) in [5, 5.41) is 8.61. The van der Waals surface area contributed by atoms with Gasteiger partial charge in [0.15, 0.2) is 7.22 Å². The average molecular weight is 272 g/mol. The van der Waals surface area contributed by atoms with Gasteiger partial charge in [-0.15, -0.1) is 0 Å². The molecule has 0 heterocycles. The molecular weight excluding hydrogens is 256 g/mol. The first-order chi connectivity index (χ1) is 7.64. The molecule has 0 unspecified atom stereocenters. The summed E-state index contributed by atoms with van der Waals surface area (Å²) in [7, 11) is -5.55. The van der Waals surface area contributed by atoms with Crippen molar-refractivity contribution in [3.63, 3.8) is 0 Å². The molecule has 0 fully saturated rings. The molecule has 0 amide bonds. The number of carboxylic acid groups (broad SMARTS) is 1. The van der Waals surface area contributed by atoms with Crippen molar-refractivity contribution >= 4 is 22.5 Å². The van der Waals surface area contributed by atoms with Crippen molar-refractivity contribution in [2.24, 2.45) is 0 Å². The first-order valence-corrected chi connectivity index (χ1v) is 10.9. The first-order valence-electron chi connectivity index (χ1n) is 5.20. The van der Waals surface area contributed by atoms with Crippen LogP contribution in [0, 0.1) is 0 Å². The molecule has 0 aliphatic carbocycles. The molecule has 0 aliphatic heterocycles. The van der Waals surface area contributed by atoms with Crippen LogP contribution in [0.1, 0.15) is 5.56 Å². The van der Waals surface area contributed by atoms with Gasteiger partial charge >= 0.3 is 5.97 Å². The molecule has 0 spiro atoms. The van der Waals surface area contributed by atoms with Crippen LogP contribution in [0.5, 0.6) is 0 Å². The van der Waals surface area contributed by atoms with Crippen LogP contribution in [0.25, 0.3) is 0 Å². The third kappa shape index (κ3) is 3.16. The van der Waals surface area contributed by atoms with Crippen molar-refractivity contribution in [1.29, 1.82) is 0 Å². The highest BCUT2D eigenvalue weighted by atomic mass is 32.4. The van der Waals surface area contributed by atoms with Gasteiger partial charge in [0.1, 0.15) is 9.29 Å². The summed E-state index contributed by atoms with van der Waals surface area (Å²) in [4.78, 5) is 10.8. The number of hydrogen-bond donors (Lipinski definition) is 1. The third-order valence-electron chi connectivity index (χ3n) is 2.40. The second-order valence-electron chi connectivity index (χ2n) is 4.83. The highest BCUT2D eigenvalue weighted by Crippen LogP contribution is 2.22. The monoisotopic (exact) mass is 272 g/mol. The van der Waals surface area contributed by atoms with E-state index in [9.17, 15) is 13.2 Å². The lowest BCUT2D eigenvalue weighted by atomic mass is 10.2. The number of benzene rings is 1. The van der Waals surface area contributed by atoms with Crippen molar-refractivity contribution in [1.82, 2.24) is 0 Å². The average Bonchev–Trinajstić information content (AvgIpc) is 2.15. The maximum absolute atomic E-state index is 12.1. The molecular formula is C11H16O4SSi. The van der Waals surface area contributed by atoms with Crippen LogP contribution < -0.4 is 0 Å². The van der Waals surface area contributed by atoms with Crippen LogP contribution in [-0.2, 0) is 20.5 Å². The van der Waals surface area contributed by atoms with Crippen molar-refractivity contribution in [2.45, 2.75) is 31.0 Å². The fourth-order valence-corrected chi connectivity index (χ4v) is 5.05. The SMILES string of the molecule is C[Si](C)(C)S(=O)(=O)c1ccc(CC(=O)O)cc1. The van der Waals surface area contributed by atoms with Gasteiger partial charge < -0.3 is 5.11 Å². The second-order valence-corrected chi connectivity index (χ2v) is 15.8. The first kappa shape index (κ1) is 13.9. The van der Waals surface area contributed by atoms with E-state index >= 15 is 0 Å². The minimum absolute atomic E-state index is 0.0900. The summed E-state index contributed by atoms with van der Waals surface area (Å²) in [6.45, 7) is 5.31. The Kier molecular flexibility index (Phi) is 3.78. The van der Waals surface area contributed by atoms with E-state index in [2.05, 4.69) is 0 Å². The lowest BCUT2D eigenvalue weighted by molar-refractivity contribution is -0.136. The zero-order chi connectivity index (χ0) is 13.3. The molecule has 0 radical (unpaired) electrons. The molecule has 1 N–H and O–H groups in total. The minimum Gasteiger partial charge on any atom is -0.481 e. The van der Waals surface area contributed by atoms with E-state index in [4.69, 9.17) is 5.11 Å². The Bertz CT molecular complexity index is 511. The smallest absolute Gasteiger partial charge is 0.307 e. The minimum atomic E-state index is -3.23. The van der Waals surface area contributed by atoms with Gasteiger partial charge in [-0.25, -0.2) is 8.42 Å². The molecule has 0 aliphatic rings. The van der Waals surface area contributed by atoms with Gasteiger partial charge in [0.2, 0.25) is 0 Å². The number of carboxylic acids is 1.